The van der Waals surface area contributed by atoms with Crippen LogP contribution < -0.4 is 14.4 Å². The Morgan fingerprint density at radius 1 is 0.962 bits per heavy atom. The van der Waals surface area contributed by atoms with E-state index in [-0.39, 0.29) is 5.82 Å². The molecule has 5 heteroatoms. The van der Waals surface area contributed by atoms with E-state index in [0.29, 0.717) is 11.7 Å². The largest absolute Gasteiger partial charge is 0.493 e. The zero-order chi connectivity index (χ0) is 18.5. The highest BCUT2D eigenvalue weighted by Gasteiger charge is 2.23. The lowest BCUT2D eigenvalue weighted by atomic mass is 10.0. The number of methoxy groups -OCH3 is 2. The highest BCUT2D eigenvalue weighted by molar-refractivity contribution is 5.48. The first-order valence-corrected chi connectivity index (χ1v) is 9.06. The maximum atomic E-state index is 14.0. The molecule has 0 aromatic heterocycles. The van der Waals surface area contributed by atoms with Crippen molar-refractivity contribution in [2.75, 3.05) is 45.3 Å². The summed E-state index contributed by atoms with van der Waals surface area (Å²) in [6, 6.07) is 13.5. The molecule has 0 N–H and O–H groups in total. The molecule has 1 aliphatic heterocycles. The second kappa shape index (κ2) is 8.41. The van der Waals surface area contributed by atoms with Crippen LogP contribution in [0, 0.1) is 5.82 Å². The third-order valence-electron chi connectivity index (χ3n) is 5.11. The van der Waals surface area contributed by atoms with Gasteiger partial charge in [0, 0.05) is 32.2 Å². The van der Waals surface area contributed by atoms with Crippen molar-refractivity contribution in [1.82, 2.24) is 4.90 Å². The van der Waals surface area contributed by atoms with Crippen LogP contribution in [0.2, 0.25) is 0 Å². The molecule has 1 atom stereocenters. The van der Waals surface area contributed by atoms with Crippen molar-refractivity contribution in [1.29, 1.82) is 0 Å². The van der Waals surface area contributed by atoms with Crippen molar-refractivity contribution in [3.8, 4) is 11.5 Å². The highest BCUT2D eigenvalue weighted by atomic mass is 19.1. The van der Waals surface area contributed by atoms with Crippen molar-refractivity contribution in [2.24, 2.45) is 0 Å². The molecule has 0 spiro atoms. The number of nitrogens with zero attached hydrogens (tertiary/aromatic N) is 2. The second-order valence-electron chi connectivity index (χ2n) is 6.72. The van der Waals surface area contributed by atoms with Crippen molar-refractivity contribution in [3.63, 3.8) is 0 Å². The SMILES string of the molecule is COc1ccc(C[C@@H](C)N2CCN(c3ccccc3F)CC2)cc1OC. The van der Waals surface area contributed by atoms with Crippen molar-refractivity contribution in [2.45, 2.75) is 19.4 Å². The Balaban J connectivity index is 1.59. The van der Waals surface area contributed by atoms with E-state index in [1.807, 2.05) is 24.3 Å². The maximum absolute atomic E-state index is 14.0. The molecule has 0 amide bonds. The summed E-state index contributed by atoms with van der Waals surface area (Å²) in [7, 11) is 3.31. The molecule has 0 unspecified atom stereocenters. The Morgan fingerprint density at radius 2 is 1.65 bits per heavy atom. The first-order chi connectivity index (χ1) is 12.6. The van der Waals surface area contributed by atoms with Gasteiger partial charge in [-0.05, 0) is 43.2 Å². The molecule has 0 radical (unpaired) electrons. The van der Waals surface area contributed by atoms with E-state index < -0.39 is 0 Å². The van der Waals surface area contributed by atoms with Crippen LogP contribution in [0.1, 0.15) is 12.5 Å². The lowest BCUT2D eigenvalue weighted by molar-refractivity contribution is 0.195. The van der Waals surface area contributed by atoms with Gasteiger partial charge in [0.15, 0.2) is 11.5 Å². The van der Waals surface area contributed by atoms with E-state index in [1.54, 1.807) is 20.3 Å². The molecule has 140 valence electrons. The molecule has 0 aliphatic carbocycles. The smallest absolute Gasteiger partial charge is 0.160 e. The van der Waals surface area contributed by atoms with Crippen molar-refractivity contribution >= 4 is 5.69 Å². The number of anilines is 1. The quantitative estimate of drug-likeness (QED) is 0.788. The van der Waals surface area contributed by atoms with Crippen LogP contribution in [-0.4, -0.2) is 51.3 Å². The maximum Gasteiger partial charge on any atom is 0.160 e. The molecule has 2 aromatic carbocycles. The van der Waals surface area contributed by atoms with Gasteiger partial charge in [0.1, 0.15) is 5.82 Å². The van der Waals surface area contributed by atoms with Crippen molar-refractivity contribution < 1.29 is 13.9 Å². The first-order valence-electron chi connectivity index (χ1n) is 9.06. The summed E-state index contributed by atoms with van der Waals surface area (Å²) in [4.78, 5) is 4.60. The van der Waals surface area contributed by atoms with Gasteiger partial charge in [-0.25, -0.2) is 4.39 Å². The molecule has 3 rings (SSSR count). The monoisotopic (exact) mass is 358 g/mol. The summed E-state index contributed by atoms with van der Waals surface area (Å²) in [6.45, 7) is 5.80. The molecule has 1 aliphatic rings. The van der Waals surface area contributed by atoms with Gasteiger partial charge in [0.05, 0.1) is 19.9 Å². The molecule has 4 nitrogen and oxygen atoms in total. The van der Waals surface area contributed by atoms with E-state index in [2.05, 4.69) is 22.8 Å². The zero-order valence-corrected chi connectivity index (χ0v) is 15.7. The third-order valence-corrected chi connectivity index (χ3v) is 5.11. The number of rotatable bonds is 6. The van der Waals surface area contributed by atoms with Gasteiger partial charge in [0.2, 0.25) is 0 Å². The molecule has 0 bridgehead atoms. The first kappa shape index (κ1) is 18.5. The van der Waals surface area contributed by atoms with E-state index in [0.717, 1.165) is 44.1 Å². The van der Waals surface area contributed by atoms with E-state index >= 15 is 0 Å². The summed E-state index contributed by atoms with van der Waals surface area (Å²) in [5, 5.41) is 0. The fourth-order valence-corrected chi connectivity index (χ4v) is 3.59. The number of para-hydroxylation sites is 1. The minimum atomic E-state index is -0.140. The van der Waals surface area contributed by atoms with Gasteiger partial charge >= 0.3 is 0 Å². The van der Waals surface area contributed by atoms with Crippen LogP contribution >= 0.6 is 0 Å². The molecule has 1 fully saturated rings. The summed E-state index contributed by atoms with van der Waals surface area (Å²) >= 11 is 0. The average Bonchev–Trinajstić information content (AvgIpc) is 2.68. The summed E-state index contributed by atoms with van der Waals surface area (Å²) in [5.41, 5.74) is 1.94. The van der Waals surface area contributed by atoms with E-state index in [9.17, 15) is 4.39 Å². The van der Waals surface area contributed by atoms with E-state index in [4.69, 9.17) is 9.47 Å². The number of halogens is 1. The summed E-state index contributed by atoms with van der Waals surface area (Å²) in [5.74, 6) is 1.38. The van der Waals surface area contributed by atoms with Crippen LogP contribution in [-0.2, 0) is 6.42 Å². The standard InChI is InChI=1S/C21H27FN2O2/c1-16(14-17-8-9-20(25-2)21(15-17)26-3)23-10-12-24(13-11-23)19-7-5-4-6-18(19)22/h4-9,15-16H,10-14H2,1-3H3/t16-/m1/s1. The van der Waals surface area contributed by atoms with Gasteiger partial charge in [-0.2, -0.15) is 0 Å². The van der Waals surface area contributed by atoms with Crippen LogP contribution in [0.25, 0.3) is 0 Å². The lowest BCUT2D eigenvalue weighted by Crippen LogP contribution is -2.50. The fraction of sp³-hybridized carbons (Fsp3) is 0.429. The van der Waals surface area contributed by atoms with Gasteiger partial charge in [-0.15, -0.1) is 0 Å². The molecule has 0 saturated carbocycles. The Kier molecular flexibility index (Phi) is 5.99. The van der Waals surface area contributed by atoms with Gasteiger partial charge in [-0.3, -0.25) is 4.90 Å². The van der Waals surface area contributed by atoms with Crippen LogP contribution in [0.4, 0.5) is 10.1 Å². The minimum absolute atomic E-state index is 0.140. The minimum Gasteiger partial charge on any atom is -0.493 e. The predicted octanol–water partition coefficient (Wildman–Crippen LogP) is 3.60. The summed E-state index contributed by atoms with van der Waals surface area (Å²) < 4.78 is 24.7. The predicted molar refractivity (Wildman–Crippen MR) is 103 cm³/mol. The number of ether oxygens (including phenoxy) is 2. The number of hydrogen-bond acceptors (Lipinski definition) is 4. The van der Waals surface area contributed by atoms with Crippen molar-refractivity contribution in [3.05, 3.63) is 53.8 Å². The van der Waals surface area contributed by atoms with Gasteiger partial charge < -0.3 is 14.4 Å². The van der Waals surface area contributed by atoms with Crippen LogP contribution in [0.15, 0.2) is 42.5 Å². The van der Waals surface area contributed by atoms with Gasteiger partial charge in [0.25, 0.3) is 0 Å². The molecule has 26 heavy (non-hydrogen) atoms. The Labute approximate surface area is 155 Å². The topological polar surface area (TPSA) is 24.9 Å². The Bertz CT molecular complexity index is 730. The number of benzene rings is 2. The lowest BCUT2D eigenvalue weighted by Gasteiger charge is -2.39. The van der Waals surface area contributed by atoms with Crippen LogP contribution in [0.5, 0.6) is 11.5 Å². The Hall–Kier alpha value is -2.27. The number of piperazine rings is 1. The molecular formula is C21H27FN2O2. The Morgan fingerprint density at radius 3 is 2.31 bits per heavy atom. The summed E-state index contributed by atoms with van der Waals surface area (Å²) in [6.07, 6.45) is 0.944. The normalized spacial score (nSPS) is 16.4. The molecule has 2 aromatic rings. The van der Waals surface area contributed by atoms with Gasteiger partial charge in [-0.1, -0.05) is 18.2 Å². The van der Waals surface area contributed by atoms with E-state index in [1.165, 1.54) is 11.6 Å². The third kappa shape index (κ3) is 4.10. The number of hydrogen-bond donors (Lipinski definition) is 0. The second-order valence-corrected chi connectivity index (χ2v) is 6.72. The van der Waals surface area contributed by atoms with Crippen LogP contribution in [0.3, 0.4) is 0 Å². The fourth-order valence-electron chi connectivity index (χ4n) is 3.59. The molecule has 1 heterocycles. The zero-order valence-electron chi connectivity index (χ0n) is 15.7. The highest BCUT2D eigenvalue weighted by Crippen LogP contribution is 2.28. The molecule has 1 saturated heterocycles. The average molecular weight is 358 g/mol. The molecular weight excluding hydrogens is 331 g/mol.